The van der Waals surface area contributed by atoms with Crippen molar-refractivity contribution in [3.63, 3.8) is 0 Å². The predicted octanol–water partition coefficient (Wildman–Crippen LogP) is 5.35. The Bertz CT molecular complexity index is 1490. The number of cyclic esters (lactones) is 1. The number of hydrogen-bond donors (Lipinski definition) is 1. The Balaban J connectivity index is 1.93. The number of alkyl halides is 3. The lowest BCUT2D eigenvalue weighted by Crippen LogP contribution is -2.46. The highest BCUT2D eigenvalue weighted by Crippen LogP contribution is 2.50. The number of imide groups is 1. The maximum atomic E-state index is 14.7. The molecule has 1 saturated heterocycles. The van der Waals surface area contributed by atoms with E-state index in [0.29, 0.717) is 40.0 Å². The SMILES string of the molecule is NS(=O)(=O)c1sc(Cl)cc1[C@@H](C(=O)N1C(=O)OC[C@@H]1Cc1ccccc1)C(c1cc(F)cc(F)c1)C(F)(F)F. The van der Waals surface area contributed by atoms with Gasteiger partial charge >= 0.3 is 12.3 Å². The number of benzene rings is 2. The molecular formula is C24H18ClF5N2O5S2. The van der Waals surface area contributed by atoms with Crippen molar-refractivity contribution in [3.8, 4) is 0 Å². The molecule has 0 saturated carbocycles. The summed E-state index contributed by atoms with van der Waals surface area (Å²) in [5.74, 6) is -9.80. The van der Waals surface area contributed by atoms with E-state index < -0.39 is 73.0 Å². The molecular weight excluding hydrogens is 591 g/mol. The summed E-state index contributed by atoms with van der Waals surface area (Å²) < 4.78 is 101. The summed E-state index contributed by atoms with van der Waals surface area (Å²) in [6.45, 7) is -0.357. The van der Waals surface area contributed by atoms with Crippen LogP contribution in [0.2, 0.25) is 4.34 Å². The van der Waals surface area contributed by atoms with Gasteiger partial charge in [0.2, 0.25) is 15.9 Å². The van der Waals surface area contributed by atoms with Gasteiger partial charge in [-0.25, -0.2) is 32.0 Å². The van der Waals surface area contributed by atoms with Crippen molar-refractivity contribution in [1.82, 2.24) is 4.90 Å². The zero-order valence-corrected chi connectivity index (χ0v) is 21.9. The minimum absolute atomic E-state index is 0.00273. The zero-order chi connectivity index (χ0) is 28.7. The molecule has 15 heteroatoms. The molecule has 39 heavy (non-hydrogen) atoms. The van der Waals surface area contributed by atoms with Crippen LogP contribution in [0.3, 0.4) is 0 Å². The van der Waals surface area contributed by atoms with E-state index in [1.807, 2.05) is 0 Å². The number of amides is 2. The number of primary sulfonamides is 1. The molecule has 0 radical (unpaired) electrons. The molecule has 2 heterocycles. The summed E-state index contributed by atoms with van der Waals surface area (Å²) in [5.41, 5.74) is -1.17. The molecule has 2 N–H and O–H groups in total. The number of sulfonamides is 1. The summed E-state index contributed by atoms with van der Waals surface area (Å²) in [5, 5.41) is 5.22. The number of thiophene rings is 1. The molecule has 1 aliphatic rings. The second-order valence-electron chi connectivity index (χ2n) is 8.67. The van der Waals surface area contributed by atoms with Gasteiger partial charge < -0.3 is 4.74 Å². The van der Waals surface area contributed by atoms with Crippen molar-refractivity contribution < 1.29 is 44.7 Å². The van der Waals surface area contributed by atoms with E-state index in [1.54, 1.807) is 30.3 Å². The Morgan fingerprint density at radius 1 is 1.13 bits per heavy atom. The van der Waals surface area contributed by atoms with E-state index in [1.165, 1.54) is 0 Å². The average molecular weight is 609 g/mol. The summed E-state index contributed by atoms with van der Waals surface area (Å²) >= 11 is 6.23. The van der Waals surface area contributed by atoms with Crippen molar-refractivity contribution in [3.05, 3.63) is 87.3 Å². The molecule has 4 rings (SSSR count). The van der Waals surface area contributed by atoms with Gasteiger partial charge in [-0.2, -0.15) is 13.2 Å². The topological polar surface area (TPSA) is 107 Å². The standard InChI is InChI=1S/C24H18ClF5N2O5S2/c25-18-10-17(22(38-18)39(31,35)36)19(20(24(28,29)30)13-7-14(26)9-15(27)8-13)21(33)32-16(11-37-23(32)34)6-12-4-2-1-3-5-12/h1-5,7-10,16,19-20H,6,11H2,(H2,31,35,36)/t16-,19+,20?/m0/s1. The molecule has 1 fully saturated rings. The first kappa shape index (κ1) is 28.9. The van der Waals surface area contributed by atoms with Gasteiger partial charge in [-0.3, -0.25) is 4.79 Å². The van der Waals surface area contributed by atoms with E-state index >= 15 is 0 Å². The van der Waals surface area contributed by atoms with Crippen LogP contribution >= 0.6 is 22.9 Å². The zero-order valence-electron chi connectivity index (χ0n) is 19.5. The Morgan fingerprint density at radius 3 is 2.31 bits per heavy atom. The number of halogens is 6. The first-order valence-corrected chi connectivity index (χ1v) is 13.8. The van der Waals surface area contributed by atoms with E-state index in [9.17, 15) is 40.0 Å². The Kier molecular flexibility index (Phi) is 8.03. The molecule has 0 spiro atoms. The molecule has 2 amide bonds. The molecule has 3 atom stereocenters. The van der Waals surface area contributed by atoms with Crippen LogP contribution in [0.5, 0.6) is 0 Å². The lowest BCUT2D eigenvalue weighted by atomic mass is 9.80. The molecule has 0 bridgehead atoms. The van der Waals surface area contributed by atoms with Crippen molar-refractivity contribution in [2.24, 2.45) is 5.14 Å². The van der Waals surface area contributed by atoms with Crippen molar-refractivity contribution >= 4 is 45.0 Å². The van der Waals surface area contributed by atoms with Crippen LogP contribution in [0.4, 0.5) is 26.7 Å². The second-order valence-corrected chi connectivity index (χ2v) is 12.1. The van der Waals surface area contributed by atoms with E-state index in [4.69, 9.17) is 21.5 Å². The van der Waals surface area contributed by atoms with Gasteiger partial charge in [0.1, 0.15) is 22.5 Å². The Morgan fingerprint density at radius 2 is 1.74 bits per heavy atom. The van der Waals surface area contributed by atoms with Crippen LogP contribution in [-0.2, 0) is 26.0 Å². The fourth-order valence-corrected chi connectivity index (χ4v) is 6.90. The molecule has 7 nitrogen and oxygen atoms in total. The first-order chi connectivity index (χ1) is 18.2. The first-order valence-electron chi connectivity index (χ1n) is 11.0. The number of hydrogen-bond acceptors (Lipinski definition) is 6. The van der Waals surface area contributed by atoms with Crippen molar-refractivity contribution in [2.45, 2.75) is 34.7 Å². The molecule has 1 aromatic heterocycles. The third-order valence-electron chi connectivity index (χ3n) is 6.00. The van der Waals surface area contributed by atoms with Crippen LogP contribution < -0.4 is 5.14 Å². The molecule has 1 unspecified atom stereocenters. The average Bonchev–Trinajstić information content (AvgIpc) is 3.38. The summed E-state index contributed by atoms with van der Waals surface area (Å²) in [7, 11) is -4.74. The second kappa shape index (κ2) is 10.8. The molecule has 1 aliphatic heterocycles. The van der Waals surface area contributed by atoms with Crippen molar-refractivity contribution in [1.29, 1.82) is 0 Å². The van der Waals surface area contributed by atoms with Gasteiger partial charge in [0.05, 0.1) is 22.2 Å². The normalized spacial score (nSPS) is 17.7. The van der Waals surface area contributed by atoms with Crippen LogP contribution in [0, 0.1) is 11.6 Å². The van der Waals surface area contributed by atoms with Gasteiger partial charge in [0, 0.05) is 6.07 Å². The van der Waals surface area contributed by atoms with E-state index in [0.717, 1.165) is 6.07 Å². The fraction of sp³-hybridized carbons (Fsp3) is 0.250. The highest BCUT2D eigenvalue weighted by Gasteiger charge is 2.54. The molecule has 0 aliphatic carbocycles. The number of carbonyl (C=O) groups excluding carboxylic acids is 2. The Hall–Kier alpha value is -3.07. The van der Waals surface area contributed by atoms with E-state index in [2.05, 4.69) is 0 Å². The number of ether oxygens (including phenoxy) is 1. The molecule has 2 aromatic carbocycles. The quantitative estimate of drug-likeness (QED) is 0.364. The molecule has 3 aromatic rings. The molecule has 208 valence electrons. The highest BCUT2D eigenvalue weighted by atomic mass is 35.5. The van der Waals surface area contributed by atoms with Gasteiger partial charge in [-0.05, 0) is 41.3 Å². The predicted molar refractivity (Wildman–Crippen MR) is 131 cm³/mol. The van der Waals surface area contributed by atoms with Gasteiger partial charge in [0.25, 0.3) is 0 Å². The van der Waals surface area contributed by atoms with Crippen molar-refractivity contribution in [2.75, 3.05) is 6.61 Å². The lowest BCUT2D eigenvalue weighted by molar-refractivity contribution is -0.164. The summed E-state index contributed by atoms with van der Waals surface area (Å²) in [6, 6.07) is 9.18. The number of carbonyl (C=O) groups is 2. The minimum atomic E-state index is -5.37. The van der Waals surface area contributed by atoms with Crippen LogP contribution in [0.1, 0.15) is 28.5 Å². The van der Waals surface area contributed by atoms with E-state index in [-0.39, 0.29) is 17.4 Å². The third kappa shape index (κ3) is 6.24. The Labute approximate surface area is 228 Å². The monoisotopic (exact) mass is 608 g/mol. The maximum absolute atomic E-state index is 14.7. The summed E-state index contributed by atoms with van der Waals surface area (Å²) in [4.78, 5) is 27.1. The largest absolute Gasteiger partial charge is 0.447 e. The van der Waals surface area contributed by atoms with Gasteiger partial charge in [-0.1, -0.05) is 41.9 Å². The number of nitrogens with two attached hydrogens (primary N) is 1. The smallest absolute Gasteiger partial charge is 0.417 e. The fourth-order valence-electron chi connectivity index (χ4n) is 4.49. The van der Waals surface area contributed by atoms with Crippen LogP contribution in [0.25, 0.3) is 0 Å². The van der Waals surface area contributed by atoms with Gasteiger partial charge in [0.15, 0.2) is 0 Å². The maximum Gasteiger partial charge on any atom is 0.417 e. The third-order valence-corrected chi connectivity index (χ3v) is 8.77. The minimum Gasteiger partial charge on any atom is -0.447 e. The van der Waals surface area contributed by atoms with Crippen LogP contribution in [-0.4, -0.2) is 44.1 Å². The van der Waals surface area contributed by atoms with Gasteiger partial charge in [-0.15, -0.1) is 11.3 Å². The lowest BCUT2D eigenvalue weighted by Gasteiger charge is -2.32. The highest BCUT2D eigenvalue weighted by molar-refractivity contribution is 7.91. The summed E-state index contributed by atoms with van der Waals surface area (Å²) in [6.07, 6.45) is -6.64. The number of nitrogens with zero attached hydrogens (tertiary/aromatic N) is 1. The van der Waals surface area contributed by atoms with Crippen LogP contribution in [0.15, 0.2) is 58.8 Å². The number of rotatable bonds is 7.